The molecule has 1 fully saturated rings. The van der Waals surface area contributed by atoms with Crippen LogP contribution in [0.5, 0.6) is 0 Å². The summed E-state index contributed by atoms with van der Waals surface area (Å²) in [6.07, 6.45) is 5.26. The van der Waals surface area contributed by atoms with Gasteiger partial charge in [-0.15, -0.1) is 11.3 Å². The number of hydrogen-bond donors (Lipinski definition) is 2. The molecule has 0 spiro atoms. The number of likely N-dealkylation sites (tertiary alicyclic amines) is 1. The topological polar surface area (TPSA) is 77.8 Å². The molecule has 1 aromatic carbocycles. The number of thiophene rings is 1. The first-order valence-corrected chi connectivity index (χ1v) is 10.2. The molecule has 2 aromatic rings. The Bertz CT molecular complexity index is 673. The highest BCUT2D eigenvalue weighted by Crippen LogP contribution is 2.30. The van der Waals surface area contributed by atoms with Crippen LogP contribution in [0.4, 0.5) is 0 Å². The first-order chi connectivity index (χ1) is 11.4. The van der Waals surface area contributed by atoms with Crippen LogP contribution in [0.3, 0.4) is 0 Å². The largest absolute Gasteiger partial charge is 0.394 e. The number of piperidine rings is 1. The van der Waals surface area contributed by atoms with E-state index in [9.17, 15) is 0 Å². The average molecular weight is 370 g/mol. The van der Waals surface area contributed by atoms with Crippen LogP contribution in [-0.4, -0.2) is 35.5 Å². The summed E-state index contributed by atoms with van der Waals surface area (Å²) < 4.78 is 31.6. The highest BCUT2D eigenvalue weighted by Gasteiger charge is 2.23. The molecular formula is C17H23NO4S2. The minimum Gasteiger partial charge on any atom is -0.295 e. The van der Waals surface area contributed by atoms with Crippen molar-refractivity contribution in [3.63, 3.8) is 0 Å². The molecule has 1 aromatic heterocycles. The Labute approximate surface area is 147 Å². The zero-order chi connectivity index (χ0) is 17.4. The van der Waals surface area contributed by atoms with E-state index < -0.39 is 10.4 Å². The summed E-state index contributed by atoms with van der Waals surface area (Å²) in [6, 6.07) is 16.0. The van der Waals surface area contributed by atoms with Gasteiger partial charge in [0, 0.05) is 10.9 Å². The van der Waals surface area contributed by atoms with Gasteiger partial charge in [-0.2, -0.15) is 8.42 Å². The van der Waals surface area contributed by atoms with E-state index in [0.29, 0.717) is 6.04 Å². The average Bonchev–Trinajstić information content (AvgIpc) is 3.07. The van der Waals surface area contributed by atoms with E-state index in [2.05, 4.69) is 52.7 Å². The second-order valence-electron chi connectivity index (χ2n) is 5.77. The van der Waals surface area contributed by atoms with Crippen LogP contribution in [0, 0.1) is 0 Å². The minimum atomic E-state index is -4.67. The van der Waals surface area contributed by atoms with Crippen molar-refractivity contribution in [2.75, 3.05) is 13.1 Å². The molecule has 2 heterocycles. The maximum absolute atomic E-state index is 8.74. The summed E-state index contributed by atoms with van der Waals surface area (Å²) in [6.45, 7) is 2.52. The lowest BCUT2D eigenvalue weighted by Gasteiger charge is -2.34. The van der Waals surface area contributed by atoms with Crippen molar-refractivity contribution in [3.05, 3.63) is 58.3 Å². The number of nitrogens with zero attached hydrogens (tertiary/aromatic N) is 1. The highest BCUT2D eigenvalue weighted by atomic mass is 32.3. The van der Waals surface area contributed by atoms with Gasteiger partial charge in [0.25, 0.3) is 0 Å². The lowest BCUT2D eigenvalue weighted by Crippen LogP contribution is -2.34. The monoisotopic (exact) mass is 369 g/mol. The van der Waals surface area contributed by atoms with Gasteiger partial charge in [0.05, 0.1) is 0 Å². The molecule has 1 atom stereocenters. The molecule has 0 bridgehead atoms. The van der Waals surface area contributed by atoms with Gasteiger partial charge in [-0.05, 0) is 49.4 Å². The van der Waals surface area contributed by atoms with Gasteiger partial charge < -0.3 is 0 Å². The van der Waals surface area contributed by atoms with Gasteiger partial charge in [-0.1, -0.05) is 42.8 Å². The second kappa shape index (κ2) is 9.29. The Kier molecular flexibility index (Phi) is 7.39. The number of rotatable bonds is 4. The van der Waals surface area contributed by atoms with Crippen LogP contribution in [0.2, 0.25) is 0 Å². The Morgan fingerprint density at radius 3 is 2.17 bits per heavy atom. The van der Waals surface area contributed by atoms with E-state index in [1.54, 1.807) is 0 Å². The van der Waals surface area contributed by atoms with Crippen LogP contribution >= 0.6 is 11.3 Å². The predicted molar refractivity (Wildman–Crippen MR) is 96.8 cm³/mol. The molecule has 7 heteroatoms. The molecule has 0 radical (unpaired) electrons. The van der Waals surface area contributed by atoms with Crippen LogP contribution in [0.25, 0.3) is 0 Å². The van der Waals surface area contributed by atoms with Crippen LogP contribution in [-0.2, 0) is 16.8 Å². The zero-order valence-electron chi connectivity index (χ0n) is 13.4. The van der Waals surface area contributed by atoms with E-state index in [0.717, 1.165) is 6.42 Å². The number of hydrogen-bond acceptors (Lipinski definition) is 4. The first-order valence-electron chi connectivity index (χ1n) is 7.95. The fraction of sp³-hybridized carbons (Fsp3) is 0.412. The van der Waals surface area contributed by atoms with Crippen molar-refractivity contribution < 1.29 is 17.5 Å². The molecule has 0 saturated carbocycles. The van der Waals surface area contributed by atoms with Crippen molar-refractivity contribution in [1.82, 2.24) is 4.90 Å². The first kappa shape index (κ1) is 19.1. The summed E-state index contributed by atoms with van der Waals surface area (Å²) >= 11 is 1.90. The molecule has 1 aliphatic heterocycles. The molecule has 2 N–H and O–H groups in total. The third-order valence-corrected chi connectivity index (χ3v) is 4.95. The predicted octanol–water partition coefficient (Wildman–Crippen LogP) is 3.87. The normalized spacial score (nSPS) is 16.9. The Hall–Kier alpha value is -1.25. The van der Waals surface area contributed by atoms with E-state index in [-0.39, 0.29) is 0 Å². The summed E-state index contributed by atoms with van der Waals surface area (Å²) in [5.41, 5.74) is 1.45. The maximum atomic E-state index is 8.74. The molecule has 1 saturated heterocycles. The van der Waals surface area contributed by atoms with Gasteiger partial charge >= 0.3 is 10.4 Å². The molecule has 1 unspecified atom stereocenters. The quantitative estimate of drug-likeness (QED) is 0.800. The molecule has 0 amide bonds. The maximum Gasteiger partial charge on any atom is 0.394 e. The van der Waals surface area contributed by atoms with Gasteiger partial charge in [-0.3, -0.25) is 14.0 Å². The summed E-state index contributed by atoms with van der Waals surface area (Å²) in [4.78, 5) is 4.20. The van der Waals surface area contributed by atoms with E-state index >= 15 is 0 Å². The summed E-state index contributed by atoms with van der Waals surface area (Å²) in [7, 11) is -4.67. The van der Waals surface area contributed by atoms with Crippen molar-refractivity contribution >= 4 is 21.7 Å². The fourth-order valence-corrected chi connectivity index (χ4v) is 3.82. The van der Waals surface area contributed by atoms with Crippen LogP contribution in [0.1, 0.15) is 35.7 Å². The van der Waals surface area contributed by atoms with Crippen molar-refractivity contribution in [2.24, 2.45) is 0 Å². The molecular weight excluding hydrogens is 346 g/mol. The SMILES string of the molecule is O=S(=O)(O)O.c1ccc(CC(c2cccs2)N2CCCCC2)cc1. The van der Waals surface area contributed by atoms with E-state index in [1.807, 2.05) is 11.3 Å². The smallest absolute Gasteiger partial charge is 0.295 e. The Morgan fingerprint density at radius 1 is 1.00 bits per heavy atom. The summed E-state index contributed by atoms with van der Waals surface area (Å²) in [5, 5.41) is 2.21. The molecule has 1 aliphatic rings. The number of benzene rings is 1. The third kappa shape index (κ3) is 7.11. The van der Waals surface area contributed by atoms with E-state index in [1.165, 1.54) is 42.8 Å². The third-order valence-electron chi connectivity index (χ3n) is 3.97. The summed E-state index contributed by atoms with van der Waals surface area (Å²) in [5.74, 6) is 0. The van der Waals surface area contributed by atoms with Gasteiger partial charge in [0.2, 0.25) is 0 Å². The fourth-order valence-electron chi connectivity index (χ4n) is 2.96. The molecule has 0 aliphatic carbocycles. The van der Waals surface area contributed by atoms with Crippen LogP contribution in [0.15, 0.2) is 47.8 Å². The van der Waals surface area contributed by atoms with Crippen molar-refractivity contribution in [2.45, 2.75) is 31.7 Å². The lowest BCUT2D eigenvalue weighted by molar-refractivity contribution is 0.164. The molecule has 132 valence electrons. The van der Waals surface area contributed by atoms with E-state index in [4.69, 9.17) is 17.5 Å². The van der Waals surface area contributed by atoms with Gasteiger partial charge in [-0.25, -0.2) is 0 Å². The van der Waals surface area contributed by atoms with Gasteiger partial charge in [0.15, 0.2) is 0 Å². The van der Waals surface area contributed by atoms with Gasteiger partial charge in [0.1, 0.15) is 0 Å². The Balaban J connectivity index is 0.000000368. The zero-order valence-corrected chi connectivity index (χ0v) is 15.0. The standard InChI is InChI=1S/C17H21NS.H2O4S/c1-3-8-15(9-4-1)14-16(17-10-7-13-19-17)18-11-5-2-6-12-18;1-5(2,3)4/h1,3-4,7-10,13,16H,2,5-6,11-12,14H2;(H2,1,2,3,4). The van der Waals surface area contributed by atoms with Crippen molar-refractivity contribution in [3.8, 4) is 0 Å². The molecule has 3 rings (SSSR count). The highest BCUT2D eigenvalue weighted by molar-refractivity contribution is 7.79. The molecule has 24 heavy (non-hydrogen) atoms. The lowest BCUT2D eigenvalue weighted by atomic mass is 10.0. The van der Waals surface area contributed by atoms with Crippen LogP contribution < -0.4 is 0 Å². The Morgan fingerprint density at radius 2 is 1.62 bits per heavy atom. The molecule has 5 nitrogen and oxygen atoms in total. The minimum absolute atomic E-state index is 0.572. The second-order valence-corrected chi connectivity index (χ2v) is 7.64. The van der Waals surface area contributed by atoms with Crippen molar-refractivity contribution in [1.29, 1.82) is 0 Å².